The van der Waals surface area contributed by atoms with Crippen LogP contribution in [0.15, 0.2) is 35.1 Å². The SMILES string of the molecule is COC(=O)C=CN(C)Cc1ccco1. The van der Waals surface area contributed by atoms with Gasteiger partial charge in [-0.2, -0.15) is 0 Å². The molecule has 0 saturated carbocycles. The fourth-order valence-electron chi connectivity index (χ4n) is 0.957. The number of esters is 1. The number of hydrogen-bond donors (Lipinski definition) is 0. The first-order valence-electron chi connectivity index (χ1n) is 4.21. The summed E-state index contributed by atoms with van der Waals surface area (Å²) in [7, 11) is 3.20. The summed E-state index contributed by atoms with van der Waals surface area (Å²) in [5, 5.41) is 0. The van der Waals surface area contributed by atoms with Crippen LogP contribution in [0.1, 0.15) is 5.76 Å². The van der Waals surface area contributed by atoms with Crippen molar-refractivity contribution in [3.05, 3.63) is 36.4 Å². The van der Waals surface area contributed by atoms with Crippen molar-refractivity contribution >= 4 is 5.97 Å². The summed E-state index contributed by atoms with van der Waals surface area (Å²) in [4.78, 5) is 12.6. The van der Waals surface area contributed by atoms with Gasteiger partial charge in [0.25, 0.3) is 0 Å². The minimum atomic E-state index is -0.365. The molecule has 0 amide bonds. The van der Waals surface area contributed by atoms with Crippen LogP contribution >= 0.6 is 0 Å². The molecule has 1 heterocycles. The number of carbonyl (C=O) groups excluding carboxylic acids is 1. The second kappa shape index (κ2) is 5.11. The number of furan rings is 1. The first-order valence-corrected chi connectivity index (χ1v) is 4.21. The standard InChI is InChI=1S/C10H13NO3/c1-11(6-5-10(12)13-2)8-9-4-3-7-14-9/h3-7H,8H2,1-2H3. The van der Waals surface area contributed by atoms with Gasteiger partial charge in [0.2, 0.25) is 0 Å². The Hall–Kier alpha value is -1.71. The van der Waals surface area contributed by atoms with Gasteiger partial charge >= 0.3 is 5.97 Å². The average Bonchev–Trinajstić information content (AvgIpc) is 2.66. The zero-order valence-corrected chi connectivity index (χ0v) is 8.27. The van der Waals surface area contributed by atoms with Gasteiger partial charge in [-0.05, 0) is 12.1 Å². The molecule has 0 atom stereocenters. The second-order valence-corrected chi connectivity index (χ2v) is 2.83. The topological polar surface area (TPSA) is 42.7 Å². The number of ether oxygens (including phenoxy) is 1. The molecule has 0 aliphatic carbocycles. The van der Waals surface area contributed by atoms with Gasteiger partial charge in [-0.3, -0.25) is 0 Å². The van der Waals surface area contributed by atoms with Gasteiger partial charge in [0, 0.05) is 19.3 Å². The predicted octanol–water partition coefficient (Wildman–Crippen LogP) is 1.40. The number of hydrogen-bond acceptors (Lipinski definition) is 4. The Morgan fingerprint density at radius 1 is 1.71 bits per heavy atom. The van der Waals surface area contributed by atoms with Crippen LogP contribution in [0, 0.1) is 0 Å². The number of carbonyl (C=O) groups is 1. The highest BCUT2D eigenvalue weighted by Crippen LogP contribution is 2.03. The Kier molecular flexibility index (Phi) is 3.79. The minimum absolute atomic E-state index is 0.365. The molecule has 1 aromatic rings. The summed E-state index contributed by atoms with van der Waals surface area (Å²) in [5.41, 5.74) is 0. The number of methoxy groups -OCH3 is 1. The van der Waals surface area contributed by atoms with Crippen molar-refractivity contribution in [3.63, 3.8) is 0 Å². The summed E-state index contributed by atoms with van der Waals surface area (Å²) in [5.74, 6) is 0.485. The largest absolute Gasteiger partial charge is 0.467 e. The molecule has 1 rings (SSSR count). The van der Waals surface area contributed by atoms with Crippen molar-refractivity contribution in [2.45, 2.75) is 6.54 Å². The van der Waals surface area contributed by atoms with Crippen molar-refractivity contribution in [2.75, 3.05) is 14.2 Å². The molecule has 0 N–H and O–H groups in total. The van der Waals surface area contributed by atoms with Crippen molar-refractivity contribution in [2.24, 2.45) is 0 Å². The Morgan fingerprint density at radius 2 is 2.50 bits per heavy atom. The number of rotatable bonds is 4. The molecule has 1 aromatic heterocycles. The lowest BCUT2D eigenvalue weighted by Crippen LogP contribution is -2.10. The summed E-state index contributed by atoms with van der Waals surface area (Å²) < 4.78 is 9.61. The average molecular weight is 195 g/mol. The zero-order chi connectivity index (χ0) is 10.4. The predicted molar refractivity (Wildman–Crippen MR) is 51.3 cm³/mol. The first-order chi connectivity index (χ1) is 6.72. The monoisotopic (exact) mass is 195 g/mol. The molecule has 0 spiro atoms. The highest BCUT2D eigenvalue weighted by molar-refractivity contribution is 5.81. The Morgan fingerprint density at radius 3 is 3.07 bits per heavy atom. The zero-order valence-electron chi connectivity index (χ0n) is 8.27. The highest BCUT2D eigenvalue weighted by Gasteiger charge is 1.98. The lowest BCUT2D eigenvalue weighted by Gasteiger charge is -2.10. The summed E-state index contributed by atoms with van der Waals surface area (Å²) >= 11 is 0. The fraction of sp³-hybridized carbons (Fsp3) is 0.300. The van der Waals surface area contributed by atoms with Gasteiger partial charge in [0.15, 0.2) is 0 Å². The number of nitrogens with zero attached hydrogens (tertiary/aromatic N) is 1. The van der Waals surface area contributed by atoms with Crippen molar-refractivity contribution in [3.8, 4) is 0 Å². The van der Waals surface area contributed by atoms with E-state index in [1.165, 1.54) is 13.2 Å². The van der Waals surface area contributed by atoms with Crippen molar-refractivity contribution in [1.82, 2.24) is 4.90 Å². The van der Waals surface area contributed by atoms with E-state index in [2.05, 4.69) is 4.74 Å². The maximum absolute atomic E-state index is 10.8. The van der Waals surface area contributed by atoms with Crippen LogP contribution in [0.4, 0.5) is 0 Å². The third kappa shape index (κ3) is 3.35. The van der Waals surface area contributed by atoms with E-state index in [4.69, 9.17) is 4.42 Å². The van der Waals surface area contributed by atoms with Crippen LogP contribution < -0.4 is 0 Å². The summed E-state index contributed by atoms with van der Waals surface area (Å²) in [6.07, 6.45) is 4.63. The van der Waals surface area contributed by atoms with Gasteiger partial charge in [-0.15, -0.1) is 0 Å². The van der Waals surface area contributed by atoms with E-state index in [0.717, 1.165) is 5.76 Å². The molecule has 76 valence electrons. The van der Waals surface area contributed by atoms with Gasteiger partial charge in [0.05, 0.1) is 19.9 Å². The molecule has 0 aliphatic heterocycles. The molecular weight excluding hydrogens is 182 g/mol. The van der Waals surface area contributed by atoms with Crippen molar-refractivity contribution in [1.29, 1.82) is 0 Å². The molecule has 0 saturated heterocycles. The van der Waals surface area contributed by atoms with E-state index in [0.29, 0.717) is 6.54 Å². The van der Waals surface area contributed by atoms with Gasteiger partial charge in [-0.1, -0.05) is 0 Å². The smallest absolute Gasteiger partial charge is 0.331 e. The van der Waals surface area contributed by atoms with Crippen molar-refractivity contribution < 1.29 is 13.9 Å². The quantitative estimate of drug-likeness (QED) is 0.538. The van der Waals surface area contributed by atoms with E-state index >= 15 is 0 Å². The Labute approximate surface area is 82.8 Å². The highest BCUT2D eigenvalue weighted by atomic mass is 16.5. The maximum atomic E-state index is 10.8. The van der Waals surface area contributed by atoms with Crippen LogP contribution in [0.2, 0.25) is 0 Å². The second-order valence-electron chi connectivity index (χ2n) is 2.83. The Bertz CT molecular complexity index is 303. The van der Waals surface area contributed by atoms with Crippen LogP contribution in [-0.4, -0.2) is 25.0 Å². The maximum Gasteiger partial charge on any atom is 0.331 e. The molecule has 14 heavy (non-hydrogen) atoms. The molecule has 0 fully saturated rings. The lowest BCUT2D eigenvalue weighted by atomic mass is 10.4. The summed E-state index contributed by atoms with van der Waals surface area (Å²) in [6, 6.07) is 3.70. The molecule has 0 unspecified atom stereocenters. The third-order valence-electron chi connectivity index (χ3n) is 1.65. The Balaban J connectivity index is 2.39. The van der Waals surface area contributed by atoms with Gasteiger partial charge in [0.1, 0.15) is 5.76 Å². The van der Waals surface area contributed by atoms with E-state index in [1.807, 2.05) is 24.1 Å². The summed E-state index contributed by atoms with van der Waals surface area (Å²) in [6.45, 7) is 0.625. The minimum Gasteiger partial charge on any atom is -0.467 e. The van der Waals surface area contributed by atoms with Crippen LogP contribution in [0.3, 0.4) is 0 Å². The molecule has 0 bridgehead atoms. The van der Waals surface area contributed by atoms with Crippen LogP contribution in [-0.2, 0) is 16.1 Å². The van der Waals surface area contributed by atoms with Gasteiger partial charge < -0.3 is 14.1 Å². The normalized spacial score (nSPS) is 10.4. The van der Waals surface area contributed by atoms with E-state index < -0.39 is 0 Å². The third-order valence-corrected chi connectivity index (χ3v) is 1.65. The van der Waals surface area contributed by atoms with E-state index in [-0.39, 0.29) is 5.97 Å². The molecule has 0 aromatic carbocycles. The molecule has 4 nitrogen and oxygen atoms in total. The molecule has 4 heteroatoms. The lowest BCUT2D eigenvalue weighted by molar-refractivity contribution is -0.134. The molecule has 0 radical (unpaired) electrons. The molecular formula is C10H13NO3. The fourth-order valence-corrected chi connectivity index (χ4v) is 0.957. The molecule has 0 aliphatic rings. The van der Waals surface area contributed by atoms with Gasteiger partial charge in [-0.25, -0.2) is 4.79 Å². The van der Waals surface area contributed by atoms with E-state index in [9.17, 15) is 4.79 Å². The van der Waals surface area contributed by atoms with Crippen LogP contribution in [0.25, 0.3) is 0 Å². The van der Waals surface area contributed by atoms with E-state index in [1.54, 1.807) is 12.5 Å². The van der Waals surface area contributed by atoms with Crippen LogP contribution in [0.5, 0.6) is 0 Å². The first kappa shape index (κ1) is 10.4.